The number of pyridine rings is 1. The van der Waals surface area contributed by atoms with Crippen LogP contribution in [0.3, 0.4) is 0 Å². The summed E-state index contributed by atoms with van der Waals surface area (Å²) >= 11 is 0. The van der Waals surface area contributed by atoms with Crippen LogP contribution in [0.4, 0.5) is 8.78 Å². The summed E-state index contributed by atoms with van der Waals surface area (Å²) in [6.07, 6.45) is -1.74. The molecule has 0 aliphatic carbocycles. The molecule has 0 atom stereocenters. The number of carbonyl (C=O) groups is 1. The zero-order valence-corrected chi connectivity index (χ0v) is 9.33. The molecule has 90 valence electrons. The average molecular weight is 240 g/mol. The molecule has 17 heavy (non-hydrogen) atoms. The summed E-state index contributed by atoms with van der Waals surface area (Å²) < 4.78 is 30.4. The lowest BCUT2D eigenvalue weighted by Gasteiger charge is -2.11. The summed E-state index contributed by atoms with van der Waals surface area (Å²) in [5.41, 5.74) is -1.12. The Kier molecular flexibility index (Phi) is 4.10. The number of esters is 1. The Labute approximate surface area is 96.8 Å². The second-order valence-electron chi connectivity index (χ2n) is 3.21. The average Bonchev–Trinajstić information content (AvgIpc) is 2.28. The fourth-order valence-corrected chi connectivity index (χ4v) is 1.40. The van der Waals surface area contributed by atoms with Gasteiger partial charge in [0.2, 0.25) is 0 Å². The van der Waals surface area contributed by atoms with Crippen molar-refractivity contribution < 1.29 is 18.3 Å². The molecule has 0 aliphatic heterocycles. The van der Waals surface area contributed by atoms with Gasteiger partial charge >= 0.3 is 5.97 Å². The molecule has 0 bridgehead atoms. The molecule has 6 heteroatoms. The van der Waals surface area contributed by atoms with Crippen LogP contribution >= 0.6 is 0 Å². The molecular formula is C11H10F2N2O2. The minimum Gasteiger partial charge on any atom is -0.462 e. The first-order valence-electron chi connectivity index (χ1n) is 4.87. The Bertz CT molecular complexity index is 481. The number of hydrogen-bond acceptors (Lipinski definition) is 4. The number of halogens is 2. The lowest BCUT2D eigenvalue weighted by atomic mass is 10.0. The maximum atomic E-state index is 12.9. The third-order valence-corrected chi connectivity index (χ3v) is 2.11. The fraction of sp³-hybridized carbons (Fsp3) is 0.364. The predicted octanol–water partition coefficient (Wildman–Crippen LogP) is 2.38. The topological polar surface area (TPSA) is 63.0 Å². The summed E-state index contributed by atoms with van der Waals surface area (Å²) in [7, 11) is 0. The molecule has 1 aromatic rings. The molecule has 1 aromatic heterocycles. The number of aromatic nitrogens is 1. The van der Waals surface area contributed by atoms with Gasteiger partial charge in [-0.1, -0.05) is 0 Å². The molecular weight excluding hydrogens is 230 g/mol. The number of hydrogen-bond donors (Lipinski definition) is 0. The molecule has 0 radical (unpaired) electrons. The van der Waals surface area contributed by atoms with Crippen LogP contribution in [0.25, 0.3) is 0 Å². The minimum absolute atomic E-state index is 0.0746. The molecule has 0 saturated carbocycles. The molecule has 0 fully saturated rings. The van der Waals surface area contributed by atoms with Crippen molar-refractivity contribution >= 4 is 5.97 Å². The van der Waals surface area contributed by atoms with Crippen molar-refractivity contribution in [3.05, 3.63) is 28.6 Å². The van der Waals surface area contributed by atoms with E-state index in [-0.39, 0.29) is 17.7 Å². The van der Waals surface area contributed by atoms with Crippen molar-refractivity contribution in [3.63, 3.8) is 0 Å². The number of nitriles is 1. The third kappa shape index (κ3) is 2.56. The fourth-order valence-electron chi connectivity index (χ4n) is 1.40. The van der Waals surface area contributed by atoms with Crippen LogP contribution in [-0.4, -0.2) is 17.6 Å². The van der Waals surface area contributed by atoms with Gasteiger partial charge in [0, 0.05) is 6.20 Å². The number of alkyl halides is 2. The quantitative estimate of drug-likeness (QED) is 0.761. The van der Waals surface area contributed by atoms with Gasteiger partial charge in [-0.2, -0.15) is 5.26 Å². The smallest absolute Gasteiger partial charge is 0.339 e. The van der Waals surface area contributed by atoms with Crippen LogP contribution in [-0.2, 0) is 4.74 Å². The van der Waals surface area contributed by atoms with Gasteiger partial charge < -0.3 is 4.74 Å². The number of ether oxygens (including phenoxy) is 1. The standard InChI is InChI=1S/C11H10F2N2O2/c1-3-17-11(16)8-6(2)5-15-7(4-14)9(8)10(12)13/h5,10H,3H2,1-2H3. The van der Waals surface area contributed by atoms with Gasteiger partial charge in [-0.15, -0.1) is 0 Å². The largest absolute Gasteiger partial charge is 0.462 e. The highest BCUT2D eigenvalue weighted by Crippen LogP contribution is 2.28. The van der Waals surface area contributed by atoms with E-state index in [9.17, 15) is 13.6 Å². The van der Waals surface area contributed by atoms with E-state index in [0.717, 1.165) is 0 Å². The molecule has 4 nitrogen and oxygen atoms in total. The molecule has 0 aliphatic rings. The van der Waals surface area contributed by atoms with Crippen LogP contribution in [0.1, 0.15) is 40.5 Å². The number of carbonyl (C=O) groups excluding carboxylic acids is 1. The second kappa shape index (κ2) is 5.34. The van der Waals surface area contributed by atoms with Crippen LogP contribution in [0.15, 0.2) is 6.20 Å². The third-order valence-electron chi connectivity index (χ3n) is 2.11. The van der Waals surface area contributed by atoms with Crippen molar-refractivity contribution in [2.45, 2.75) is 20.3 Å². The lowest BCUT2D eigenvalue weighted by molar-refractivity contribution is 0.0514. The van der Waals surface area contributed by atoms with E-state index >= 15 is 0 Å². The van der Waals surface area contributed by atoms with Crippen molar-refractivity contribution in [2.24, 2.45) is 0 Å². The summed E-state index contributed by atoms with van der Waals surface area (Å²) in [4.78, 5) is 15.1. The maximum Gasteiger partial charge on any atom is 0.339 e. The van der Waals surface area contributed by atoms with Gasteiger partial charge in [0.05, 0.1) is 17.7 Å². The number of aryl methyl sites for hydroxylation is 1. The predicted molar refractivity (Wildman–Crippen MR) is 54.6 cm³/mol. The van der Waals surface area contributed by atoms with E-state index in [1.165, 1.54) is 13.1 Å². The summed E-state index contributed by atoms with van der Waals surface area (Å²) in [5, 5.41) is 8.70. The first-order chi connectivity index (χ1) is 8.02. The Hall–Kier alpha value is -2.03. The van der Waals surface area contributed by atoms with Crippen molar-refractivity contribution in [1.29, 1.82) is 5.26 Å². The zero-order chi connectivity index (χ0) is 13.0. The highest BCUT2D eigenvalue weighted by atomic mass is 19.3. The van der Waals surface area contributed by atoms with E-state index in [1.54, 1.807) is 13.0 Å². The monoisotopic (exact) mass is 240 g/mol. The molecule has 1 heterocycles. The van der Waals surface area contributed by atoms with E-state index in [0.29, 0.717) is 0 Å². The van der Waals surface area contributed by atoms with Crippen LogP contribution < -0.4 is 0 Å². The molecule has 0 spiro atoms. The molecule has 0 aromatic carbocycles. The summed E-state index contributed by atoms with van der Waals surface area (Å²) in [6.45, 7) is 3.11. The number of rotatable bonds is 3. The highest BCUT2D eigenvalue weighted by Gasteiger charge is 2.26. The first-order valence-corrected chi connectivity index (χ1v) is 4.87. The van der Waals surface area contributed by atoms with E-state index < -0.39 is 23.7 Å². The summed E-state index contributed by atoms with van der Waals surface area (Å²) in [5.74, 6) is -0.862. The molecule has 1 rings (SSSR count). The molecule has 0 amide bonds. The van der Waals surface area contributed by atoms with Crippen LogP contribution in [0.2, 0.25) is 0 Å². The van der Waals surface area contributed by atoms with Gasteiger partial charge in [0.1, 0.15) is 11.8 Å². The van der Waals surface area contributed by atoms with Crippen molar-refractivity contribution in [1.82, 2.24) is 4.98 Å². The van der Waals surface area contributed by atoms with Crippen LogP contribution in [0, 0.1) is 18.3 Å². The van der Waals surface area contributed by atoms with Crippen molar-refractivity contribution in [3.8, 4) is 6.07 Å². The van der Waals surface area contributed by atoms with Gasteiger partial charge in [-0.25, -0.2) is 18.6 Å². The van der Waals surface area contributed by atoms with Gasteiger partial charge in [0.25, 0.3) is 6.43 Å². The highest BCUT2D eigenvalue weighted by molar-refractivity contribution is 5.93. The molecule has 0 N–H and O–H groups in total. The Morgan fingerprint density at radius 3 is 2.76 bits per heavy atom. The molecule has 0 unspecified atom stereocenters. The summed E-state index contributed by atoms with van der Waals surface area (Å²) in [6, 6.07) is 1.54. The Morgan fingerprint density at radius 2 is 2.29 bits per heavy atom. The van der Waals surface area contributed by atoms with E-state index in [1.807, 2.05) is 0 Å². The van der Waals surface area contributed by atoms with Gasteiger partial charge in [-0.3, -0.25) is 0 Å². The van der Waals surface area contributed by atoms with Crippen LogP contribution in [0.5, 0.6) is 0 Å². The molecule has 0 saturated heterocycles. The maximum absolute atomic E-state index is 12.9. The SMILES string of the molecule is CCOC(=O)c1c(C)cnc(C#N)c1C(F)F. The van der Waals surface area contributed by atoms with E-state index in [4.69, 9.17) is 5.26 Å². The normalized spacial score (nSPS) is 10.1. The van der Waals surface area contributed by atoms with E-state index in [2.05, 4.69) is 9.72 Å². The Morgan fingerprint density at radius 1 is 1.65 bits per heavy atom. The number of nitrogens with zero attached hydrogens (tertiary/aromatic N) is 2. The first kappa shape index (κ1) is 13.0. The van der Waals surface area contributed by atoms with Crippen molar-refractivity contribution in [2.75, 3.05) is 6.61 Å². The van der Waals surface area contributed by atoms with Gasteiger partial charge in [-0.05, 0) is 19.4 Å². The Balaban J connectivity index is 3.45. The second-order valence-corrected chi connectivity index (χ2v) is 3.21. The zero-order valence-electron chi connectivity index (χ0n) is 9.33. The minimum atomic E-state index is -2.95. The van der Waals surface area contributed by atoms with Gasteiger partial charge in [0.15, 0.2) is 0 Å². The lowest BCUT2D eigenvalue weighted by Crippen LogP contribution is -2.13.